The third kappa shape index (κ3) is 2.51. The van der Waals surface area contributed by atoms with Gasteiger partial charge in [0.1, 0.15) is 5.69 Å². The van der Waals surface area contributed by atoms with Gasteiger partial charge in [0.2, 0.25) is 0 Å². The molecule has 0 aliphatic rings. The van der Waals surface area contributed by atoms with Crippen molar-refractivity contribution in [2.24, 2.45) is 12.8 Å². The summed E-state index contributed by atoms with van der Waals surface area (Å²) in [4.78, 5) is 16.1. The van der Waals surface area contributed by atoms with Crippen LogP contribution in [0.4, 0.5) is 5.13 Å². The van der Waals surface area contributed by atoms with Crippen LogP contribution >= 0.6 is 11.3 Å². The maximum atomic E-state index is 11.8. The predicted octanol–water partition coefficient (Wildman–Crippen LogP) is 1.15. The molecule has 2 aromatic rings. The molecular formula is C10H13N5OS. The van der Waals surface area contributed by atoms with E-state index in [0.717, 1.165) is 5.69 Å². The number of nitrogens with one attached hydrogen (secondary N) is 1. The van der Waals surface area contributed by atoms with Crippen molar-refractivity contribution in [3.63, 3.8) is 0 Å². The normalized spacial score (nSPS) is 12.4. The zero-order valence-electron chi connectivity index (χ0n) is 9.54. The van der Waals surface area contributed by atoms with Gasteiger partial charge in [-0.25, -0.2) is 4.98 Å². The number of carbonyl (C=O) groups excluding carboxylic acids is 1. The van der Waals surface area contributed by atoms with Crippen molar-refractivity contribution in [2.75, 3.05) is 5.32 Å². The number of aryl methyl sites for hydroxylation is 1. The smallest absolute Gasteiger partial charge is 0.275 e. The number of thiazole rings is 1. The molecule has 0 fully saturated rings. The van der Waals surface area contributed by atoms with Crippen LogP contribution < -0.4 is 11.1 Å². The van der Waals surface area contributed by atoms with E-state index in [1.807, 2.05) is 12.3 Å². The van der Waals surface area contributed by atoms with Crippen LogP contribution in [0.15, 0.2) is 17.6 Å². The molecule has 0 aliphatic carbocycles. The van der Waals surface area contributed by atoms with Crippen molar-refractivity contribution in [1.82, 2.24) is 14.8 Å². The van der Waals surface area contributed by atoms with Crippen LogP contribution in [0.3, 0.4) is 0 Å². The molecule has 6 nitrogen and oxygen atoms in total. The fourth-order valence-corrected chi connectivity index (χ4v) is 2.12. The summed E-state index contributed by atoms with van der Waals surface area (Å²) in [5, 5.41) is 9.03. The van der Waals surface area contributed by atoms with E-state index in [0.29, 0.717) is 10.8 Å². The number of aromatic nitrogens is 3. The number of amides is 1. The quantitative estimate of drug-likeness (QED) is 0.856. The molecule has 0 spiro atoms. The summed E-state index contributed by atoms with van der Waals surface area (Å²) in [5.74, 6) is -0.226. The van der Waals surface area contributed by atoms with Gasteiger partial charge in [-0.05, 0) is 13.0 Å². The lowest BCUT2D eigenvalue weighted by molar-refractivity contribution is 0.101. The number of anilines is 1. The summed E-state index contributed by atoms with van der Waals surface area (Å²) in [5.41, 5.74) is 6.96. The van der Waals surface area contributed by atoms with Crippen molar-refractivity contribution in [3.05, 3.63) is 29.0 Å². The van der Waals surface area contributed by atoms with Crippen molar-refractivity contribution in [3.8, 4) is 0 Å². The summed E-state index contributed by atoms with van der Waals surface area (Å²) >= 11 is 1.36. The molecule has 1 atom stereocenters. The highest BCUT2D eigenvalue weighted by Gasteiger charge is 2.12. The van der Waals surface area contributed by atoms with Gasteiger partial charge in [-0.1, -0.05) is 0 Å². The summed E-state index contributed by atoms with van der Waals surface area (Å²) in [6.07, 6.45) is 1.57. The van der Waals surface area contributed by atoms with Gasteiger partial charge in [0.15, 0.2) is 5.13 Å². The first kappa shape index (κ1) is 11.7. The minimum Gasteiger partial charge on any atom is -0.323 e. The van der Waals surface area contributed by atoms with E-state index < -0.39 is 0 Å². The van der Waals surface area contributed by atoms with Gasteiger partial charge in [0, 0.05) is 24.7 Å². The van der Waals surface area contributed by atoms with E-state index in [9.17, 15) is 4.79 Å². The Morgan fingerprint density at radius 1 is 1.65 bits per heavy atom. The van der Waals surface area contributed by atoms with Gasteiger partial charge in [0.25, 0.3) is 5.91 Å². The van der Waals surface area contributed by atoms with Crippen LogP contribution in [0, 0.1) is 0 Å². The molecule has 3 N–H and O–H groups in total. The molecule has 0 bridgehead atoms. The maximum absolute atomic E-state index is 11.8. The molecule has 0 saturated heterocycles. The number of nitrogens with zero attached hydrogens (tertiary/aromatic N) is 3. The van der Waals surface area contributed by atoms with Gasteiger partial charge < -0.3 is 5.73 Å². The number of rotatable bonds is 3. The Labute approximate surface area is 102 Å². The van der Waals surface area contributed by atoms with E-state index in [2.05, 4.69) is 15.4 Å². The maximum Gasteiger partial charge on any atom is 0.275 e. The van der Waals surface area contributed by atoms with E-state index in [1.54, 1.807) is 19.3 Å². The average Bonchev–Trinajstić information content (AvgIpc) is 2.86. The Balaban J connectivity index is 2.11. The summed E-state index contributed by atoms with van der Waals surface area (Å²) in [6.45, 7) is 1.85. The second-order valence-electron chi connectivity index (χ2n) is 3.66. The Kier molecular flexibility index (Phi) is 3.21. The lowest BCUT2D eigenvalue weighted by Gasteiger charge is -2.02. The molecule has 0 radical (unpaired) electrons. The fraction of sp³-hybridized carbons (Fsp3) is 0.300. The van der Waals surface area contributed by atoms with Crippen LogP contribution in [0.1, 0.15) is 29.1 Å². The molecule has 7 heteroatoms. The van der Waals surface area contributed by atoms with E-state index in [1.165, 1.54) is 16.0 Å². The molecule has 2 aromatic heterocycles. The summed E-state index contributed by atoms with van der Waals surface area (Å²) in [7, 11) is 1.71. The van der Waals surface area contributed by atoms with Crippen LogP contribution in [0.25, 0.3) is 0 Å². The van der Waals surface area contributed by atoms with Gasteiger partial charge in [-0.2, -0.15) is 5.10 Å². The van der Waals surface area contributed by atoms with Crippen LogP contribution in [-0.2, 0) is 7.05 Å². The summed E-state index contributed by atoms with van der Waals surface area (Å²) in [6, 6.07) is 1.52. The SMILES string of the molecule is CC(N)c1csc(NC(=O)c2ccnn2C)n1. The minimum atomic E-state index is -0.226. The first-order valence-corrected chi connectivity index (χ1v) is 5.96. The highest BCUT2D eigenvalue weighted by molar-refractivity contribution is 7.14. The minimum absolute atomic E-state index is 0.131. The molecular weight excluding hydrogens is 238 g/mol. The van der Waals surface area contributed by atoms with Crippen molar-refractivity contribution < 1.29 is 4.79 Å². The predicted molar refractivity (Wildman–Crippen MR) is 65.9 cm³/mol. The Morgan fingerprint density at radius 3 is 2.94 bits per heavy atom. The lowest BCUT2D eigenvalue weighted by Crippen LogP contribution is -2.16. The first-order valence-electron chi connectivity index (χ1n) is 5.08. The highest BCUT2D eigenvalue weighted by Crippen LogP contribution is 2.19. The molecule has 2 heterocycles. The van der Waals surface area contributed by atoms with E-state index >= 15 is 0 Å². The summed E-state index contributed by atoms with van der Waals surface area (Å²) < 4.78 is 1.51. The first-order chi connectivity index (χ1) is 8.08. The van der Waals surface area contributed by atoms with Crippen molar-refractivity contribution >= 4 is 22.4 Å². The second kappa shape index (κ2) is 4.64. The molecule has 1 amide bonds. The highest BCUT2D eigenvalue weighted by atomic mass is 32.1. The third-order valence-corrected chi connectivity index (χ3v) is 3.04. The largest absolute Gasteiger partial charge is 0.323 e. The number of hydrogen-bond acceptors (Lipinski definition) is 5. The van der Waals surface area contributed by atoms with E-state index in [-0.39, 0.29) is 11.9 Å². The van der Waals surface area contributed by atoms with Gasteiger partial charge in [-0.3, -0.25) is 14.8 Å². The zero-order valence-corrected chi connectivity index (χ0v) is 10.4. The fourth-order valence-electron chi connectivity index (χ4n) is 1.31. The zero-order chi connectivity index (χ0) is 12.4. The topological polar surface area (TPSA) is 85.8 Å². The lowest BCUT2D eigenvalue weighted by atomic mass is 10.3. The molecule has 1 unspecified atom stereocenters. The van der Waals surface area contributed by atoms with Crippen LogP contribution in [0.2, 0.25) is 0 Å². The monoisotopic (exact) mass is 251 g/mol. The van der Waals surface area contributed by atoms with Gasteiger partial charge >= 0.3 is 0 Å². The number of nitrogens with two attached hydrogens (primary N) is 1. The van der Waals surface area contributed by atoms with Gasteiger partial charge in [-0.15, -0.1) is 11.3 Å². The Bertz CT molecular complexity index is 530. The standard InChI is InChI=1S/C10H13N5OS/c1-6(11)7-5-17-10(13-7)14-9(16)8-3-4-12-15(8)2/h3-6H,11H2,1-2H3,(H,13,14,16). The van der Waals surface area contributed by atoms with Crippen LogP contribution in [-0.4, -0.2) is 20.7 Å². The third-order valence-electron chi connectivity index (χ3n) is 2.26. The van der Waals surface area contributed by atoms with E-state index in [4.69, 9.17) is 5.73 Å². The Morgan fingerprint density at radius 2 is 2.41 bits per heavy atom. The molecule has 2 rings (SSSR count). The molecule has 0 saturated carbocycles. The average molecular weight is 251 g/mol. The second-order valence-corrected chi connectivity index (χ2v) is 4.52. The Hall–Kier alpha value is -1.73. The van der Waals surface area contributed by atoms with Crippen LogP contribution in [0.5, 0.6) is 0 Å². The van der Waals surface area contributed by atoms with Crippen molar-refractivity contribution in [1.29, 1.82) is 0 Å². The number of carbonyl (C=O) groups is 1. The molecule has 0 aromatic carbocycles. The molecule has 17 heavy (non-hydrogen) atoms. The van der Waals surface area contributed by atoms with Crippen molar-refractivity contribution in [2.45, 2.75) is 13.0 Å². The molecule has 0 aliphatic heterocycles. The number of hydrogen-bond donors (Lipinski definition) is 2. The van der Waals surface area contributed by atoms with Gasteiger partial charge in [0.05, 0.1) is 5.69 Å². The molecule has 90 valence electrons.